The first-order valence-electron chi connectivity index (χ1n) is 9.16. The lowest BCUT2D eigenvalue weighted by Crippen LogP contribution is -2.30. The van der Waals surface area contributed by atoms with Gasteiger partial charge in [0.1, 0.15) is 0 Å². The zero-order chi connectivity index (χ0) is 19.7. The van der Waals surface area contributed by atoms with E-state index in [2.05, 4.69) is 29.2 Å². The van der Waals surface area contributed by atoms with Crippen molar-refractivity contribution in [2.75, 3.05) is 5.73 Å². The molecule has 0 spiro atoms. The number of thiophene rings is 1. The summed E-state index contributed by atoms with van der Waals surface area (Å²) in [6.07, 6.45) is 3.32. The molecular formula is C23H22N3OS+. The zero-order valence-corrected chi connectivity index (χ0v) is 16.7. The third-order valence-corrected chi connectivity index (χ3v) is 5.66. The average Bonchev–Trinajstić information content (AvgIpc) is 3.12. The molecule has 0 unspecified atom stereocenters. The van der Waals surface area contributed by atoms with E-state index < -0.39 is 0 Å². The van der Waals surface area contributed by atoms with Gasteiger partial charge in [-0.15, -0.1) is 11.3 Å². The predicted octanol–water partition coefficient (Wildman–Crippen LogP) is 4.18. The number of anilines is 1. The number of nitrogens with zero attached hydrogens (tertiary/aromatic N) is 1. The number of rotatable bonds is 5. The summed E-state index contributed by atoms with van der Waals surface area (Å²) >= 11 is 1.72. The standard InChI is InChI=1S/C23H21N3OS/c1-14(2)27-23-18(7-5-9-26-23)16-10-17(13-24)22(25)19(11-16)21-12-15-6-3-4-8-20(15)28-21/h3-14,24H,25H2,1-2H3/p+1. The molecule has 0 saturated heterocycles. The Bertz CT molecular complexity index is 1130. The number of pyridine rings is 1. The van der Waals surface area contributed by atoms with Gasteiger partial charge in [0.15, 0.2) is 6.21 Å². The van der Waals surface area contributed by atoms with Crippen molar-refractivity contribution in [2.45, 2.75) is 20.0 Å². The fraction of sp³-hybridized carbons (Fsp3) is 0.130. The van der Waals surface area contributed by atoms with E-state index >= 15 is 0 Å². The van der Waals surface area contributed by atoms with Gasteiger partial charge < -0.3 is 10.5 Å². The third kappa shape index (κ3) is 3.37. The van der Waals surface area contributed by atoms with Crippen molar-refractivity contribution in [3.8, 4) is 27.4 Å². The highest BCUT2D eigenvalue weighted by molar-refractivity contribution is 7.22. The van der Waals surface area contributed by atoms with Gasteiger partial charge in [0.2, 0.25) is 5.88 Å². The van der Waals surface area contributed by atoms with Gasteiger partial charge >= 0.3 is 0 Å². The fourth-order valence-electron chi connectivity index (χ4n) is 3.22. The number of ether oxygens (including phenoxy) is 1. The summed E-state index contributed by atoms with van der Waals surface area (Å²) in [5.41, 5.74) is 10.8. The van der Waals surface area contributed by atoms with Gasteiger partial charge in [0, 0.05) is 26.9 Å². The summed E-state index contributed by atoms with van der Waals surface area (Å²) in [6, 6.07) is 18.5. The molecule has 4 nitrogen and oxygen atoms in total. The zero-order valence-electron chi connectivity index (χ0n) is 15.8. The number of nitrogen functional groups attached to an aromatic ring is 1. The first-order valence-corrected chi connectivity index (χ1v) is 9.98. The van der Waals surface area contributed by atoms with E-state index in [-0.39, 0.29) is 6.10 Å². The maximum absolute atomic E-state index is 6.46. The van der Waals surface area contributed by atoms with Crippen LogP contribution < -0.4 is 15.9 Å². The lowest BCUT2D eigenvalue weighted by molar-refractivity contribution is -0.104. The lowest BCUT2D eigenvalue weighted by Gasteiger charge is -2.15. The minimum Gasteiger partial charge on any atom is -0.475 e. The minimum atomic E-state index is 0.0324. The second-order valence-corrected chi connectivity index (χ2v) is 7.95. The van der Waals surface area contributed by atoms with Gasteiger partial charge in [-0.25, -0.2) is 4.98 Å². The van der Waals surface area contributed by atoms with Crippen LogP contribution in [0.15, 0.2) is 60.8 Å². The molecule has 0 aliphatic carbocycles. The average molecular weight is 389 g/mol. The molecule has 0 fully saturated rings. The lowest BCUT2D eigenvalue weighted by atomic mass is 9.97. The van der Waals surface area contributed by atoms with Gasteiger partial charge in [-0.2, -0.15) is 0 Å². The summed E-state index contributed by atoms with van der Waals surface area (Å²) in [6.45, 7) is 3.98. The first-order chi connectivity index (χ1) is 13.6. The largest absolute Gasteiger partial charge is 0.475 e. The highest BCUT2D eigenvalue weighted by atomic mass is 32.1. The van der Waals surface area contributed by atoms with Crippen LogP contribution in [-0.4, -0.2) is 17.3 Å². The van der Waals surface area contributed by atoms with Crippen molar-refractivity contribution in [2.24, 2.45) is 0 Å². The predicted molar refractivity (Wildman–Crippen MR) is 118 cm³/mol. The molecule has 0 amide bonds. The summed E-state index contributed by atoms with van der Waals surface area (Å²) in [5, 5.41) is 7.09. The second-order valence-electron chi connectivity index (χ2n) is 6.86. The summed E-state index contributed by atoms with van der Waals surface area (Å²) < 4.78 is 7.14. The molecule has 2 aromatic heterocycles. The maximum atomic E-state index is 6.46. The quantitative estimate of drug-likeness (QED) is 0.398. The van der Waals surface area contributed by atoms with Crippen molar-refractivity contribution in [1.82, 2.24) is 4.98 Å². The Morgan fingerprint density at radius 1 is 1.07 bits per heavy atom. The van der Waals surface area contributed by atoms with E-state index in [0.717, 1.165) is 27.1 Å². The Balaban J connectivity index is 1.91. The van der Waals surface area contributed by atoms with Crippen molar-refractivity contribution in [1.29, 1.82) is 0 Å². The molecule has 0 atom stereocenters. The Morgan fingerprint density at radius 3 is 2.64 bits per heavy atom. The van der Waals surface area contributed by atoms with Crippen LogP contribution in [0.2, 0.25) is 0 Å². The van der Waals surface area contributed by atoms with Gasteiger partial charge in [-0.05, 0) is 61.2 Å². The van der Waals surface area contributed by atoms with Crippen LogP contribution in [0.4, 0.5) is 5.69 Å². The van der Waals surface area contributed by atoms with Crippen molar-refractivity contribution in [3.05, 3.63) is 66.4 Å². The van der Waals surface area contributed by atoms with Crippen LogP contribution in [-0.2, 0) is 0 Å². The number of hydrogen-bond donors (Lipinski definition) is 2. The molecule has 2 aromatic carbocycles. The molecule has 0 aliphatic heterocycles. The van der Waals surface area contributed by atoms with Crippen LogP contribution in [0.25, 0.3) is 31.7 Å². The normalized spacial score (nSPS) is 11.1. The molecule has 4 aromatic rings. The molecule has 0 bridgehead atoms. The molecular weight excluding hydrogens is 366 g/mol. The highest BCUT2D eigenvalue weighted by Gasteiger charge is 2.16. The van der Waals surface area contributed by atoms with Gasteiger partial charge in [-0.1, -0.05) is 18.2 Å². The summed E-state index contributed by atoms with van der Waals surface area (Å²) in [5.74, 6) is 0.604. The Hall–Kier alpha value is -3.18. The molecule has 140 valence electrons. The van der Waals surface area contributed by atoms with Crippen LogP contribution in [0.5, 0.6) is 5.88 Å². The fourth-order valence-corrected chi connectivity index (χ4v) is 4.31. The monoisotopic (exact) mass is 388 g/mol. The summed E-state index contributed by atoms with van der Waals surface area (Å²) in [4.78, 5) is 5.53. The number of aromatic nitrogens is 1. The van der Waals surface area contributed by atoms with Gasteiger partial charge in [0.05, 0.1) is 17.4 Å². The minimum absolute atomic E-state index is 0.0324. The molecule has 4 N–H and O–H groups in total. The van der Waals surface area contributed by atoms with Gasteiger partial charge in [-0.3, -0.25) is 5.41 Å². The second kappa shape index (κ2) is 7.44. The van der Waals surface area contributed by atoms with E-state index in [9.17, 15) is 0 Å². The van der Waals surface area contributed by atoms with E-state index in [1.54, 1.807) is 23.7 Å². The van der Waals surface area contributed by atoms with E-state index in [1.807, 2.05) is 44.2 Å². The molecule has 28 heavy (non-hydrogen) atoms. The van der Waals surface area contributed by atoms with Crippen LogP contribution in [0.3, 0.4) is 0 Å². The van der Waals surface area contributed by atoms with E-state index in [4.69, 9.17) is 15.9 Å². The molecule has 0 saturated carbocycles. The third-order valence-electron chi connectivity index (χ3n) is 4.51. The van der Waals surface area contributed by atoms with Crippen LogP contribution in [0.1, 0.15) is 19.4 Å². The highest BCUT2D eigenvalue weighted by Crippen LogP contribution is 2.40. The van der Waals surface area contributed by atoms with Crippen molar-refractivity contribution >= 4 is 33.3 Å². The van der Waals surface area contributed by atoms with Crippen LogP contribution >= 0.6 is 11.3 Å². The molecule has 0 radical (unpaired) electrons. The summed E-state index contributed by atoms with van der Waals surface area (Å²) in [7, 11) is 0. The first kappa shape index (κ1) is 18.2. The molecule has 0 aliphatic rings. The Labute approximate surface area is 168 Å². The topological polar surface area (TPSA) is 73.7 Å². The van der Waals surface area contributed by atoms with E-state index in [0.29, 0.717) is 11.6 Å². The Kier molecular flexibility index (Phi) is 4.84. The smallest absolute Gasteiger partial charge is 0.221 e. The maximum Gasteiger partial charge on any atom is 0.221 e. The molecule has 2 heterocycles. The number of hydrogen-bond acceptors (Lipinski definition) is 4. The van der Waals surface area contributed by atoms with Crippen molar-refractivity contribution in [3.63, 3.8) is 0 Å². The van der Waals surface area contributed by atoms with Gasteiger partial charge in [0.25, 0.3) is 0 Å². The number of fused-ring (bicyclic) bond motifs is 1. The number of nitrogens with two attached hydrogens (primary N) is 2. The van der Waals surface area contributed by atoms with Crippen LogP contribution in [0, 0.1) is 0 Å². The van der Waals surface area contributed by atoms with E-state index in [1.165, 1.54) is 10.1 Å². The Morgan fingerprint density at radius 2 is 1.89 bits per heavy atom. The molecule has 5 heteroatoms. The van der Waals surface area contributed by atoms with Crippen molar-refractivity contribution < 1.29 is 10.1 Å². The SMILES string of the molecule is CC(C)Oc1ncccc1-c1cc(C=[NH2+])c(N)c(-c2cc3ccccc3s2)c1. The molecule has 4 rings (SSSR count). The number of benzene rings is 2.